The molecule has 11 nitrogen and oxygen atoms in total. The van der Waals surface area contributed by atoms with E-state index in [1.54, 1.807) is 6.20 Å². The van der Waals surface area contributed by atoms with Gasteiger partial charge in [-0.25, -0.2) is 9.97 Å². The van der Waals surface area contributed by atoms with Crippen molar-refractivity contribution < 1.29 is 9.53 Å². The molecule has 5 N–H and O–H groups in total. The lowest BCUT2D eigenvalue weighted by Gasteiger charge is -2.32. The van der Waals surface area contributed by atoms with Crippen molar-refractivity contribution in [3.05, 3.63) is 12.3 Å². The number of anilines is 2. The third kappa shape index (κ3) is 6.20. The fraction of sp³-hybridized carbons (Fsp3) is 0.600. The molecule has 1 unspecified atom stereocenters. The Labute approximate surface area is 181 Å². The van der Waals surface area contributed by atoms with Gasteiger partial charge in [-0.3, -0.25) is 4.79 Å². The Morgan fingerprint density at radius 3 is 2.94 bits per heavy atom. The van der Waals surface area contributed by atoms with Crippen molar-refractivity contribution in [3.63, 3.8) is 0 Å². The van der Waals surface area contributed by atoms with Gasteiger partial charge in [0, 0.05) is 20.1 Å². The first kappa shape index (κ1) is 22.6. The minimum absolute atomic E-state index is 0.0839. The topological polar surface area (TPSA) is 152 Å². The molecule has 2 atom stereocenters. The second-order valence-electron chi connectivity index (χ2n) is 8.08. The van der Waals surface area contributed by atoms with E-state index in [0.29, 0.717) is 30.0 Å². The van der Waals surface area contributed by atoms with Gasteiger partial charge in [0.25, 0.3) is 5.95 Å². The van der Waals surface area contributed by atoms with Gasteiger partial charge in [0.15, 0.2) is 5.82 Å². The van der Waals surface area contributed by atoms with Gasteiger partial charge in [0.1, 0.15) is 5.52 Å². The minimum atomic E-state index is -0.431. The highest BCUT2D eigenvalue weighted by Crippen LogP contribution is 2.28. The first-order chi connectivity index (χ1) is 14.9. The molecule has 0 aromatic carbocycles. The number of carbonyl (C=O) groups excluding carboxylic acids is 1. The number of carbonyl (C=O) groups is 1. The lowest BCUT2D eigenvalue weighted by atomic mass is 9.94. The fourth-order valence-electron chi connectivity index (χ4n) is 3.52. The van der Waals surface area contributed by atoms with Crippen molar-refractivity contribution in [1.29, 1.82) is 0 Å². The zero-order valence-corrected chi connectivity index (χ0v) is 18.3. The van der Waals surface area contributed by atoms with E-state index < -0.39 is 5.54 Å². The second-order valence-corrected chi connectivity index (χ2v) is 8.08. The number of amides is 1. The van der Waals surface area contributed by atoms with E-state index >= 15 is 0 Å². The summed E-state index contributed by atoms with van der Waals surface area (Å²) in [5.74, 6) is 5.81. The standard InChI is InChI=1S/C20H31N9O2/c1-4-5-7-20(3,12-23-13(2)30)27-18-17-16(25-19(26-18)28-29-21)9-15(10-22-17)24-14-6-8-31-11-14/h9-10,14,24H,4-8,11-12H2,1-3H3,(H,23,30)(H3,21,25,26,27,28)/t14?,20-/m1/s1. The quantitative estimate of drug-likeness (QED) is 0.255. The number of nitrogens with zero attached hydrogens (tertiary/aromatic N) is 5. The molecule has 31 heavy (non-hydrogen) atoms. The first-order valence-electron chi connectivity index (χ1n) is 10.6. The summed E-state index contributed by atoms with van der Waals surface area (Å²) in [7, 11) is 0. The Morgan fingerprint density at radius 1 is 1.42 bits per heavy atom. The predicted octanol–water partition coefficient (Wildman–Crippen LogP) is 2.68. The number of hydrogen-bond acceptors (Lipinski definition) is 9. The fourth-order valence-corrected chi connectivity index (χ4v) is 3.52. The molecular weight excluding hydrogens is 398 g/mol. The van der Waals surface area contributed by atoms with Crippen LogP contribution in [0.25, 0.3) is 11.0 Å². The van der Waals surface area contributed by atoms with Crippen molar-refractivity contribution in [3.8, 4) is 0 Å². The van der Waals surface area contributed by atoms with Crippen molar-refractivity contribution in [2.45, 2.75) is 58.0 Å². The maximum atomic E-state index is 11.5. The van der Waals surface area contributed by atoms with Gasteiger partial charge in [-0.05, 0) is 25.8 Å². The van der Waals surface area contributed by atoms with Crippen LogP contribution in [0, 0.1) is 0 Å². The average Bonchev–Trinajstić information content (AvgIpc) is 3.24. The molecule has 11 heteroatoms. The molecule has 1 saturated heterocycles. The van der Waals surface area contributed by atoms with Gasteiger partial charge in [-0.15, -0.1) is 0 Å². The number of hydrogen-bond donors (Lipinski definition) is 4. The molecular formula is C20H31N9O2. The molecule has 0 radical (unpaired) electrons. The van der Waals surface area contributed by atoms with Crippen LogP contribution in [-0.4, -0.2) is 52.2 Å². The number of unbranched alkanes of at least 4 members (excludes halogenated alkanes) is 1. The zero-order chi connectivity index (χ0) is 22.3. The van der Waals surface area contributed by atoms with Crippen molar-refractivity contribution >= 4 is 34.4 Å². The molecule has 3 heterocycles. The summed E-state index contributed by atoms with van der Waals surface area (Å²) in [5.41, 5.74) is 1.63. The summed E-state index contributed by atoms with van der Waals surface area (Å²) in [6.45, 7) is 7.55. The number of aromatic nitrogens is 3. The number of nitrogens with one attached hydrogen (secondary N) is 3. The maximum Gasteiger partial charge on any atom is 0.273 e. The number of rotatable bonds is 10. The van der Waals surface area contributed by atoms with E-state index in [0.717, 1.165) is 38.0 Å². The van der Waals surface area contributed by atoms with Crippen LogP contribution in [0.5, 0.6) is 0 Å². The average molecular weight is 430 g/mol. The summed E-state index contributed by atoms with van der Waals surface area (Å²) in [5, 5.41) is 16.9. The van der Waals surface area contributed by atoms with Gasteiger partial charge in [0.05, 0.1) is 35.6 Å². The molecule has 2 aromatic heterocycles. The molecule has 1 fully saturated rings. The summed E-state index contributed by atoms with van der Waals surface area (Å²) in [6, 6.07) is 2.15. The highest BCUT2D eigenvalue weighted by molar-refractivity contribution is 5.88. The zero-order valence-electron chi connectivity index (χ0n) is 18.3. The van der Waals surface area contributed by atoms with Gasteiger partial charge >= 0.3 is 0 Å². The van der Waals surface area contributed by atoms with Gasteiger partial charge in [-0.1, -0.05) is 30.1 Å². The Bertz CT molecular complexity index is 930. The van der Waals surface area contributed by atoms with E-state index in [1.165, 1.54) is 6.92 Å². The van der Waals surface area contributed by atoms with Crippen LogP contribution in [0.1, 0.15) is 46.5 Å². The van der Waals surface area contributed by atoms with Crippen LogP contribution in [-0.2, 0) is 9.53 Å². The molecule has 0 spiro atoms. The Morgan fingerprint density at radius 2 is 2.26 bits per heavy atom. The smallest absolute Gasteiger partial charge is 0.273 e. The second kappa shape index (κ2) is 10.3. The van der Waals surface area contributed by atoms with E-state index in [2.05, 4.69) is 48.2 Å². The molecule has 0 bridgehead atoms. The summed E-state index contributed by atoms with van der Waals surface area (Å²) >= 11 is 0. The molecule has 3 rings (SSSR count). The summed E-state index contributed by atoms with van der Waals surface area (Å²) in [6.07, 6.45) is 5.57. The van der Waals surface area contributed by atoms with Crippen molar-refractivity contribution in [1.82, 2.24) is 20.3 Å². The minimum Gasteiger partial charge on any atom is -0.379 e. The van der Waals surface area contributed by atoms with Crippen LogP contribution in [0.15, 0.2) is 22.6 Å². The summed E-state index contributed by atoms with van der Waals surface area (Å²) < 4.78 is 5.42. The molecule has 168 valence electrons. The predicted molar refractivity (Wildman–Crippen MR) is 119 cm³/mol. The molecule has 1 amide bonds. The third-order valence-corrected chi connectivity index (χ3v) is 5.20. The summed E-state index contributed by atoms with van der Waals surface area (Å²) in [4.78, 5) is 25.0. The maximum absolute atomic E-state index is 11.5. The number of fused-ring (bicyclic) bond motifs is 1. The Hall–Kier alpha value is -3.08. The first-order valence-corrected chi connectivity index (χ1v) is 10.6. The SMILES string of the molecule is CCCC[C@](C)(CNC(C)=O)Nc1nc(N=NN)nc2cc(NC3CCOC3)cnc12. The van der Waals surface area contributed by atoms with Gasteiger partial charge in [0.2, 0.25) is 5.91 Å². The highest BCUT2D eigenvalue weighted by Gasteiger charge is 2.26. The van der Waals surface area contributed by atoms with E-state index in [9.17, 15) is 4.79 Å². The van der Waals surface area contributed by atoms with Crippen LogP contribution in [0.2, 0.25) is 0 Å². The molecule has 0 saturated carbocycles. The molecule has 1 aliphatic heterocycles. The van der Waals surface area contributed by atoms with Gasteiger partial charge in [-0.2, -0.15) is 4.98 Å². The molecule has 0 aliphatic carbocycles. The third-order valence-electron chi connectivity index (χ3n) is 5.20. The Balaban J connectivity index is 1.94. The normalized spacial score (nSPS) is 18.2. The Kier molecular flexibility index (Phi) is 7.50. The lowest BCUT2D eigenvalue weighted by Crippen LogP contribution is -2.46. The number of pyridine rings is 1. The lowest BCUT2D eigenvalue weighted by molar-refractivity contribution is -0.119. The molecule has 2 aromatic rings. The van der Waals surface area contributed by atoms with Crippen LogP contribution >= 0.6 is 0 Å². The monoisotopic (exact) mass is 429 g/mol. The van der Waals surface area contributed by atoms with Crippen molar-refractivity contribution in [2.24, 2.45) is 16.2 Å². The van der Waals surface area contributed by atoms with Crippen LogP contribution in [0.4, 0.5) is 17.5 Å². The number of nitrogens with two attached hydrogens (primary N) is 1. The highest BCUT2D eigenvalue weighted by atomic mass is 16.5. The van der Waals surface area contributed by atoms with Crippen LogP contribution in [0.3, 0.4) is 0 Å². The molecule has 1 aliphatic rings. The van der Waals surface area contributed by atoms with Crippen molar-refractivity contribution in [2.75, 3.05) is 30.4 Å². The largest absolute Gasteiger partial charge is 0.379 e. The number of ether oxygens (including phenoxy) is 1. The van der Waals surface area contributed by atoms with Crippen LogP contribution < -0.4 is 21.8 Å². The van der Waals surface area contributed by atoms with Gasteiger partial charge < -0.3 is 26.5 Å². The van der Waals surface area contributed by atoms with E-state index in [1.807, 2.05) is 13.0 Å². The van der Waals surface area contributed by atoms with E-state index in [-0.39, 0.29) is 17.9 Å². The van der Waals surface area contributed by atoms with E-state index in [4.69, 9.17) is 10.6 Å².